The molecule has 0 spiro atoms. The standard InChI is InChI=1S/C9H11Cl/c1-8-4-2-3-5-9(10)7-6-8/h3-5,7H,2,6H2,1H3/b5-3-,8-4-,9-7?. The summed E-state index contributed by atoms with van der Waals surface area (Å²) in [6, 6.07) is 0. The van der Waals surface area contributed by atoms with Gasteiger partial charge in [0, 0.05) is 5.03 Å². The summed E-state index contributed by atoms with van der Waals surface area (Å²) < 4.78 is 0. The number of allylic oxidation sites excluding steroid dienone is 6. The Morgan fingerprint density at radius 1 is 1.40 bits per heavy atom. The molecule has 0 radical (unpaired) electrons. The molecule has 1 aliphatic carbocycles. The lowest BCUT2D eigenvalue weighted by atomic mass is 10.1. The predicted octanol–water partition coefficient (Wildman–Crippen LogP) is 3.41. The molecule has 0 nitrogen and oxygen atoms in total. The fraction of sp³-hybridized carbons (Fsp3) is 0.333. The van der Waals surface area contributed by atoms with Crippen LogP contribution in [0.15, 0.2) is 34.9 Å². The van der Waals surface area contributed by atoms with E-state index < -0.39 is 0 Å². The van der Waals surface area contributed by atoms with Gasteiger partial charge in [0.25, 0.3) is 0 Å². The molecule has 10 heavy (non-hydrogen) atoms. The van der Waals surface area contributed by atoms with Gasteiger partial charge >= 0.3 is 0 Å². The Morgan fingerprint density at radius 3 is 3.00 bits per heavy atom. The molecule has 0 bridgehead atoms. The molecule has 0 aromatic rings. The van der Waals surface area contributed by atoms with E-state index in [2.05, 4.69) is 19.1 Å². The molecular formula is C9H11Cl. The largest absolute Gasteiger partial charge is 0.0847 e. The van der Waals surface area contributed by atoms with E-state index in [4.69, 9.17) is 11.6 Å². The highest BCUT2D eigenvalue weighted by Crippen LogP contribution is 2.13. The fourth-order valence-corrected chi connectivity index (χ4v) is 1.03. The average Bonchev–Trinajstić information content (AvgIpc) is 1.90. The smallest absolute Gasteiger partial charge is 0.0366 e. The summed E-state index contributed by atoms with van der Waals surface area (Å²) in [4.78, 5) is 0. The van der Waals surface area contributed by atoms with Crippen LogP contribution in [0.25, 0.3) is 0 Å². The third kappa shape index (κ3) is 2.40. The number of hydrogen-bond acceptors (Lipinski definition) is 0. The maximum Gasteiger partial charge on any atom is 0.0366 e. The van der Waals surface area contributed by atoms with Crippen molar-refractivity contribution < 1.29 is 0 Å². The summed E-state index contributed by atoms with van der Waals surface area (Å²) in [5.74, 6) is 0. The predicted molar refractivity (Wildman–Crippen MR) is 46.1 cm³/mol. The normalized spacial score (nSPS) is 27.4. The SMILES string of the molecule is C/C1=C/C/C=C\C(Cl)=CC1. The molecule has 0 heterocycles. The van der Waals surface area contributed by atoms with Gasteiger partial charge in [0.05, 0.1) is 0 Å². The van der Waals surface area contributed by atoms with Crippen LogP contribution in [-0.4, -0.2) is 0 Å². The van der Waals surface area contributed by atoms with Gasteiger partial charge in [0.15, 0.2) is 0 Å². The number of rotatable bonds is 0. The molecule has 0 fully saturated rings. The van der Waals surface area contributed by atoms with Gasteiger partial charge in [0.2, 0.25) is 0 Å². The Balaban J connectivity index is 2.71. The van der Waals surface area contributed by atoms with E-state index in [9.17, 15) is 0 Å². The lowest BCUT2D eigenvalue weighted by Gasteiger charge is -1.98. The van der Waals surface area contributed by atoms with E-state index in [0.717, 1.165) is 17.9 Å². The zero-order chi connectivity index (χ0) is 7.40. The Labute approximate surface area is 66.9 Å². The van der Waals surface area contributed by atoms with E-state index in [0.29, 0.717) is 0 Å². The van der Waals surface area contributed by atoms with Crippen LogP contribution in [0, 0.1) is 0 Å². The topological polar surface area (TPSA) is 0 Å². The van der Waals surface area contributed by atoms with Crippen molar-refractivity contribution in [2.75, 3.05) is 0 Å². The van der Waals surface area contributed by atoms with Crippen molar-refractivity contribution >= 4 is 11.6 Å². The van der Waals surface area contributed by atoms with Gasteiger partial charge in [-0.25, -0.2) is 0 Å². The molecule has 0 saturated heterocycles. The zero-order valence-electron chi connectivity index (χ0n) is 6.10. The van der Waals surface area contributed by atoms with E-state index >= 15 is 0 Å². The Hall–Kier alpha value is -0.490. The third-order valence-corrected chi connectivity index (χ3v) is 1.78. The maximum atomic E-state index is 5.81. The summed E-state index contributed by atoms with van der Waals surface area (Å²) in [6.45, 7) is 2.12. The van der Waals surface area contributed by atoms with Crippen molar-refractivity contribution in [3.8, 4) is 0 Å². The highest BCUT2D eigenvalue weighted by molar-refractivity contribution is 6.31. The summed E-state index contributed by atoms with van der Waals surface area (Å²) in [5.41, 5.74) is 1.39. The van der Waals surface area contributed by atoms with Gasteiger partial charge < -0.3 is 0 Å². The van der Waals surface area contributed by atoms with Gasteiger partial charge in [-0.05, 0) is 25.8 Å². The van der Waals surface area contributed by atoms with Crippen LogP contribution < -0.4 is 0 Å². The highest BCUT2D eigenvalue weighted by Gasteiger charge is 1.90. The summed E-state index contributed by atoms with van der Waals surface area (Å²) in [5, 5.41) is 0.854. The number of hydrogen-bond donors (Lipinski definition) is 0. The Kier molecular flexibility index (Phi) is 2.76. The summed E-state index contributed by atoms with van der Waals surface area (Å²) in [7, 11) is 0. The molecule has 1 aliphatic rings. The molecule has 1 rings (SSSR count). The number of halogens is 1. The van der Waals surface area contributed by atoms with E-state index in [-0.39, 0.29) is 0 Å². The first-order chi connectivity index (χ1) is 4.79. The first-order valence-corrected chi connectivity index (χ1v) is 3.84. The van der Waals surface area contributed by atoms with Gasteiger partial charge in [-0.15, -0.1) is 0 Å². The molecule has 54 valence electrons. The second-order valence-corrected chi connectivity index (χ2v) is 2.92. The molecule has 0 saturated carbocycles. The molecule has 0 amide bonds. The molecule has 0 unspecified atom stereocenters. The highest BCUT2D eigenvalue weighted by atomic mass is 35.5. The van der Waals surface area contributed by atoms with Crippen LogP contribution in [0.4, 0.5) is 0 Å². The van der Waals surface area contributed by atoms with Gasteiger partial charge in [-0.2, -0.15) is 0 Å². The van der Waals surface area contributed by atoms with Gasteiger partial charge in [0.1, 0.15) is 0 Å². The first-order valence-electron chi connectivity index (χ1n) is 3.47. The minimum absolute atomic E-state index is 0.854. The Morgan fingerprint density at radius 2 is 2.20 bits per heavy atom. The van der Waals surface area contributed by atoms with Crippen molar-refractivity contribution in [2.45, 2.75) is 19.8 Å². The Bertz CT molecular complexity index is 197. The van der Waals surface area contributed by atoms with Crippen molar-refractivity contribution in [3.63, 3.8) is 0 Å². The van der Waals surface area contributed by atoms with E-state index in [1.54, 1.807) is 0 Å². The molecule has 1 heteroatoms. The minimum atomic E-state index is 0.854. The maximum absolute atomic E-state index is 5.81. The first kappa shape index (κ1) is 7.62. The molecule has 0 aromatic heterocycles. The second-order valence-electron chi connectivity index (χ2n) is 2.48. The van der Waals surface area contributed by atoms with E-state index in [1.807, 2.05) is 12.2 Å². The van der Waals surface area contributed by atoms with Crippen LogP contribution in [0.2, 0.25) is 0 Å². The quantitative estimate of drug-likeness (QED) is 0.469. The van der Waals surface area contributed by atoms with Crippen molar-refractivity contribution in [2.24, 2.45) is 0 Å². The molecule has 0 aromatic carbocycles. The fourth-order valence-electron chi connectivity index (χ4n) is 0.860. The van der Waals surface area contributed by atoms with Crippen molar-refractivity contribution in [1.82, 2.24) is 0 Å². The average molecular weight is 155 g/mol. The van der Waals surface area contributed by atoms with Crippen LogP contribution >= 0.6 is 11.6 Å². The lowest BCUT2D eigenvalue weighted by molar-refractivity contribution is 1.15. The summed E-state index contributed by atoms with van der Waals surface area (Å²) in [6.07, 6.45) is 10.3. The molecule has 0 aliphatic heterocycles. The zero-order valence-corrected chi connectivity index (χ0v) is 6.86. The molecule has 0 N–H and O–H groups in total. The summed E-state index contributed by atoms with van der Waals surface area (Å²) >= 11 is 5.81. The van der Waals surface area contributed by atoms with Crippen LogP contribution in [0.3, 0.4) is 0 Å². The minimum Gasteiger partial charge on any atom is -0.0847 e. The van der Waals surface area contributed by atoms with Crippen LogP contribution in [0.5, 0.6) is 0 Å². The monoisotopic (exact) mass is 154 g/mol. The van der Waals surface area contributed by atoms with Crippen LogP contribution in [-0.2, 0) is 0 Å². The third-order valence-electron chi connectivity index (χ3n) is 1.50. The van der Waals surface area contributed by atoms with E-state index in [1.165, 1.54) is 5.57 Å². The van der Waals surface area contributed by atoms with Crippen molar-refractivity contribution in [3.05, 3.63) is 34.9 Å². The van der Waals surface area contributed by atoms with Gasteiger partial charge in [-0.3, -0.25) is 0 Å². The molecule has 0 atom stereocenters. The lowest BCUT2D eigenvalue weighted by Crippen LogP contribution is -1.77. The van der Waals surface area contributed by atoms with Gasteiger partial charge in [-0.1, -0.05) is 35.4 Å². The second kappa shape index (κ2) is 3.62. The molecular weight excluding hydrogens is 144 g/mol. The van der Waals surface area contributed by atoms with Crippen LogP contribution in [0.1, 0.15) is 19.8 Å². The van der Waals surface area contributed by atoms with Crippen molar-refractivity contribution in [1.29, 1.82) is 0 Å².